The van der Waals surface area contributed by atoms with Gasteiger partial charge >= 0.3 is 0 Å². The van der Waals surface area contributed by atoms with E-state index >= 15 is 0 Å². The lowest BCUT2D eigenvalue weighted by Crippen LogP contribution is -2.37. The molecule has 0 bridgehead atoms. The van der Waals surface area contributed by atoms with Gasteiger partial charge in [0.1, 0.15) is 0 Å². The molecule has 0 spiro atoms. The Morgan fingerprint density at radius 3 is 3.00 bits per heavy atom. The van der Waals surface area contributed by atoms with E-state index in [1.54, 1.807) is 0 Å². The second-order valence-corrected chi connectivity index (χ2v) is 7.02. The number of likely N-dealkylation sites (tertiary alicyclic amines) is 1. The average Bonchev–Trinajstić information content (AvgIpc) is 3.26. The maximum absolute atomic E-state index is 12.5. The molecule has 2 heterocycles. The van der Waals surface area contributed by atoms with Crippen molar-refractivity contribution in [2.24, 2.45) is 5.92 Å². The van der Waals surface area contributed by atoms with Crippen LogP contribution < -0.4 is 5.32 Å². The third-order valence-electron chi connectivity index (χ3n) is 5.04. The number of rotatable bonds is 4. The van der Waals surface area contributed by atoms with Crippen LogP contribution in [-0.2, 0) is 0 Å². The lowest BCUT2D eigenvalue weighted by molar-refractivity contribution is 0.0938. The summed E-state index contributed by atoms with van der Waals surface area (Å²) in [6, 6.07) is 8.04. The minimum absolute atomic E-state index is 0.0356. The molecule has 0 radical (unpaired) electrons. The van der Waals surface area contributed by atoms with Crippen LogP contribution in [0, 0.1) is 12.8 Å². The van der Waals surface area contributed by atoms with Gasteiger partial charge in [0.2, 0.25) is 0 Å². The molecular formula is C19H23N3O. The first-order chi connectivity index (χ1) is 11.2. The summed E-state index contributed by atoms with van der Waals surface area (Å²) in [5, 5.41) is 4.26. The van der Waals surface area contributed by atoms with Gasteiger partial charge in [-0.2, -0.15) is 0 Å². The van der Waals surface area contributed by atoms with E-state index in [2.05, 4.69) is 22.1 Å². The predicted molar refractivity (Wildman–Crippen MR) is 91.5 cm³/mol. The third kappa shape index (κ3) is 3.22. The molecule has 2 fully saturated rings. The fourth-order valence-electron chi connectivity index (χ4n) is 3.48. The van der Waals surface area contributed by atoms with Crippen LogP contribution in [0.3, 0.4) is 0 Å². The van der Waals surface area contributed by atoms with E-state index in [1.807, 2.05) is 30.5 Å². The molecule has 23 heavy (non-hydrogen) atoms. The van der Waals surface area contributed by atoms with Crippen molar-refractivity contribution in [2.45, 2.75) is 32.2 Å². The Hall–Kier alpha value is -1.94. The molecule has 1 saturated carbocycles. The topological polar surface area (TPSA) is 45.2 Å². The maximum Gasteiger partial charge on any atom is 0.251 e. The summed E-state index contributed by atoms with van der Waals surface area (Å²) in [5.41, 5.74) is 2.83. The number of carbonyl (C=O) groups is 1. The van der Waals surface area contributed by atoms with Crippen molar-refractivity contribution in [3.05, 3.63) is 41.6 Å². The van der Waals surface area contributed by atoms with E-state index < -0.39 is 0 Å². The molecule has 1 saturated heterocycles. The van der Waals surface area contributed by atoms with E-state index in [-0.39, 0.29) is 11.9 Å². The van der Waals surface area contributed by atoms with E-state index in [1.165, 1.54) is 19.4 Å². The fourth-order valence-corrected chi connectivity index (χ4v) is 3.48. The van der Waals surface area contributed by atoms with Gasteiger partial charge in [-0.15, -0.1) is 0 Å². The van der Waals surface area contributed by atoms with Crippen LogP contribution in [-0.4, -0.2) is 41.5 Å². The molecule has 1 aromatic heterocycles. The number of hydrogen-bond donors (Lipinski definition) is 1. The lowest BCUT2D eigenvalue weighted by Gasteiger charge is -2.16. The summed E-state index contributed by atoms with van der Waals surface area (Å²) in [7, 11) is 0. The predicted octanol–water partition coefficient (Wildman–Crippen LogP) is 2.76. The van der Waals surface area contributed by atoms with Crippen molar-refractivity contribution in [1.82, 2.24) is 15.2 Å². The van der Waals surface area contributed by atoms with Crippen molar-refractivity contribution in [3.63, 3.8) is 0 Å². The van der Waals surface area contributed by atoms with Gasteiger partial charge in [-0.25, -0.2) is 0 Å². The highest BCUT2D eigenvalue weighted by molar-refractivity contribution is 5.98. The van der Waals surface area contributed by atoms with Crippen LogP contribution in [0.2, 0.25) is 0 Å². The highest BCUT2D eigenvalue weighted by atomic mass is 16.1. The highest BCUT2D eigenvalue weighted by Crippen LogP contribution is 2.30. The quantitative estimate of drug-likeness (QED) is 0.944. The Morgan fingerprint density at radius 2 is 2.17 bits per heavy atom. The van der Waals surface area contributed by atoms with Gasteiger partial charge < -0.3 is 10.2 Å². The second-order valence-electron chi connectivity index (χ2n) is 7.02. The van der Waals surface area contributed by atoms with E-state index in [0.29, 0.717) is 0 Å². The minimum atomic E-state index is 0.0356. The van der Waals surface area contributed by atoms with Crippen molar-refractivity contribution < 1.29 is 4.79 Å². The molecular weight excluding hydrogens is 286 g/mol. The number of benzene rings is 1. The van der Waals surface area contributed by atoms with Crippen molar-refractivity contribution in [2.75, 3.05) is 19.6 Å². The highest BCUT2D eigenvalue weighted by Gasteiger charge is 2.29. The van der Waals surface area contributed by atoms with E-state index in [0.717, 1.165) is 47.5 Å². The fraction of sp³-hybridized carbons (Fsp3) is 0.474. The molecule has 1 aromatic carbocycles. The maximum atomic E-state index is 12.5. The zero-order valence-corrected chi connectivity index (χ0v) is 13.6. The summed E-state index contributed by atoms with van der Waals surface area (Å²) in [6.45, 7) is 5.38. The van der Waals surface area contributed by atoms with Crippen molar-refractivity contribution >= 4 is 16.8 Å². The van der Waals surface area contributed by atoms with Gasteiger partial charge in [-0.05, 0) is 61.9 Å². The van der Waals surface area contributed by atoms with E-state index in [9.17, 15) is 4.79 Å². The largest absolute Gasteiger partial charge is 0.348 e. The number of aryl methyl sites for hydroxylation is 1. The number of fused-ring (bicyclic) bond motifs is 1. The molecule has 2 aliphatic rings. The van der Waals surface area contributed by atoms with Gasteiger partial charge in [-0.1, -0.05) is 0 Å². The lowest BCUT2D eigenvalue weighted by atomic mass is 10.1. The molecule has 4 heteroatoms. The second kappa shape index (κ2) is 5.93. The Labute approximate surface area is 136 Å². The molecule has 1 aliphatic carbocycles. The third-order valence-corrected chi connectivity index (χ3v) is 5.04. The summed E-state index contributed by atoms with van der Waals surface area (Å²) in [6.07, 6.45) is 5.65. The first-order valence-electron chi connectivity index (χ1n) is 8.57. The zero-order chi connectivity index (χ0) is 15.8. The number of pyridine rings is 1. The number of carbonyl (C=O) groups excluding carboxylic acids is 1. The average molecular weight is 309 g/mol. The Kier molecular flexibility index (Phi) is 3.77. The smallest absolute Gasteiger partial charge is 0.251 e. The monoisotopic (exact) mass is 309 g/mol. The SMILES string of the molecule is Cc1ccnc2ccc(C(=O)NC3CCN(CC4CC4)C3)cc12. The van der Waals surface area contributed by atoms with E-state index in [4.69, 9.17) is 0 Å². The van der Waals surface area contributed by atoms with Gasteiger partial charge in [0, 0.05) is 42.8 Å². The standard InChI is InChI=1S/C19H23N3O/c1-13-6-8-20-18-5-4-15(10-17(13)18)19(23)21-16-7-9-22(12-16)11-14-2-3-14/h4-6,8,10,14,16H,2-3,7,9,11-12H2,1H3,(H,21,23). The molecule has 2 aromatic rings. The summed E-state index contributed by atoms with van der Waals surface area (Å²) in [5.74, 6) is 0.953. The van der Waals surface area contributed by atoms with Crippen molar-refractivity contribution in [3.8, 4) is 0 Å². The van der Waals surface area contributed by atoms with Crippen LogP contribution >= 0.6 is 0 Å². The summed E-state index contributed by atoms with van der Waals surface area (Å²) >= 11 is 0. The first-order valence-corrected chi connectivity index (χ1v) is 8.57. The summed E-state index contributed by atoms with van der Waals surface area (Å²) < 4.78 is 0. The molecule has 120 valence electrons. The van der Waals surface area contributed by atoms with Crippen LogP contribution in [0.25, 0.3) is 10.9 Å². The number of amides is 1. The Balaban J connectivity index is 1.43. The zero-order valence-electron chi connectivity index (χ0n) is 13.6. The molecule has 4 nitrogen and oxygen atoms in total. The molecule has 4 rings (SSSR count). The normalized spacial score (nSPS) is 21.7. The number of nitrogens with zero attached hydrogens (tertiary/aromatic N) is 2. The minimum Gasteiger partial charge on any atom is -0.348 e. The Bertz CT molecular complexity index is 738. The first kappa shape index (κ1) is 14.6. The van der Waals surface area contributed by atoms with Crippen LogP contribution in [0.4, 0.5) is 0 Å². The van der Waals surface area contributed by atoms with Gasteiger partial charge in [-0.3, -0.25) is 9.78 Å². The molecule has 1 atom stereocenters. The van der Waals surface area contributed by atoms with Gasteiger partial charge in [0.15, 0.2) is 0 Å². The van der Waals surface area contributed by atoms with Gasteiger partial charge in [0.05, 0.1) is 5.52 Å². The number of aromatic nitrogens is 1. The van der Waals surface area contributed by atoms with Crippen LogP contribution in [0.1, 0.15) is 35.2 Å². The number of nitrogens with one attached hydrogen (secondary N) is 1. The summed E-state index contributed by atoms with van der Waals surface area (Å²) in [4.78, 5) is 19.4. The molecule has 1 aliphatic heterocycles. The van der Waals surface area contributed by atoms with Crippen LogP contribution in [0.5, 0.6) is 0 Å². The molecule has 1 unspecified atom stereocenters. The number of hydrogen-bond acceptors (Lipinski definition) is 3. The Morgan fingerprint density at radius 1 is 1.30 bits per heavy atom. The molecule has 1 N–H and O–H groups in total. The molecule has 1 amide bonds. The van der Waals surface area contributed by atoms with Gasteiger partial charge in [0.25, 0.3) is 5.91 Å². The van der Waals surface area contributed by atoms with Crippen LogP contribution in [0.15, 0.2) is 30.5 Å². The van der Waals surface area contributed by atoms with Crippen molar-refractivity contribution in [1.29, 1.82) is 0 Å².